The molecule has 0 fully saturated rings. The van der Waals surface area contributed by atoms with Gasteiger partial charge in [0.05, 0.1) is 17.8 Å². The summed E-state index contributed by atoms with van der Waals surface area (Å²) in [6, 6.07) is 8.55. The third-order valence-corrected chi connectivity index (χ3v) is 3.08. The van der Waals surface area contributed by atoms with Gasteiger partial charge in [-0.15, -0.1) is 0 Å². The van der Waals surface area contributed by atoms with Crippen molar-refractivity contribution >= 4 is 17.6 Å². The monoisotopic (exact) mass is 301 g/mol. The molecule has 2 rings (SSSR count). The van der Waals surface area contributed by atoms with E-state index in [1.807, 2.05) is 24.6 Å². The molecule has 0 atom stereocenters. The van der Waals surface area contributed by atoms with Crippen LogP contribution < -0.4 is 5.32 Å². The molecule has 6 nitrogen and oxygen atoms in total. The molecule has 0 radical (unpaired) electrons. The first-order valence-electron chi connectivity index (χ1n) is 7.01. The molecule has 6 heteroatoms. The van der Waals surface area contributed by atoms with Crippen molar-refractivity contribution in [3.05, 3.63) is 47.3 Å². The number of carbonyl (C=O) groups is 2. The fraction of sp³-hybridized carbons (Fsp3) is 0.312. The minimum Gasteiger partial charge on any atom is -0.460 e. The van der Waals surface area contributed by atoms with Gasteiger partial charge in [-0.05, 0) is 44.2 Å². The summed E-state index contributed by atoms with van der Waals surface area (Å²) in [6.45, 7) is 6.10. The molecule has 0 aliphatic heterocycles. The van der Waals surface area contributed by atoms with Gasteiger partial charge in [0.25, 0.3) is 0 Å². The predicted octanol–water partition coefficient (Wildman–Crippen LogP) is 2.32. The number of amides is 1. The van der Waals surface area contributed by atoms with E-state index < -0.39 is 5.97 Å². The normalized spacial score (nSPS) is 10.3. The second kappa shape index (κ2) is 6.89. The highest BCUT2D eigenvalue weighted by Crippen LogP contribution is 2.10. The van der Waals surface area contributed by atoms with E-state index in [1.165, 1.54) is 6.92 Å². The molecule has 22 heavy (non-hydrogen) atoms. The van der Waals surface area contributed by atoms with Crippen molar-refractivity contribution in [1.82, 2.24) is 9.78 Å². The van der Waals surface area contributed by atoms with E-state index in [4.69, 9.17) is 4.74 Å². The molecular formula is C16H19N3O3. The van der Waals surface area contributed by atoms with Crippen LogP contribution in [-0.4, -0.2) is 28.3 Å². The van der Waals surface area contributed by atoms with Crippen LogP contribution in [0, 0.1) is 13.8 Å². The Kier molecular flexibility index (Phi) is 4.93. The third kappa shape index (κ3) is 4.18. The van der Waals surface area contributed by atoms with Gasteiger partial charge in [-0.25, -0.2) is 4.79 Å². The summed E-state index contributed by atoms with van der Waals surface area (Å²) in [7, 11) is 0. The molecule has 0 aliphatic rings. The molecular weight excluding hydrogens is 282 g/mol. The van der Waals surface area contributed by atoms with Crippen molar-refractivity contribution in [1.29, 1.82) is 0 Å². The molecule has 0 aliphatic carbocycles. The quantitative estimate of drug-likeness (QED) is 0.860. The minimum absolute atomic E-state index is 0.153. The lowest BCUT2D eigenvalue weighted by atomic mass is 10.2. The van der Waals surface area contributed by atoms with Gasteiger partial charge in [-0.2, -0.15) is 5.10 Å². The molecule has 1 aromatic heterocycles. The molecule has 1 N–H and O–H groups in total. The fourth-order valence-corrected chi connectivity index (χ4v) is 2.10. The number of hydrogen-bond donors (Lipinski definition) is 1. The van der Waals surface area contributed by atoms with Crippen LogP contribution in [0.4, 0.5) is 5.69 Å². The lowest BCUT2D eigenvalue weighted by Gasteiger charge is -2.07. The molecule has 1 aromatic carbocycles. The van der Waals surface area contributed by atoms with E-state index in [0.29, 0.717) is 17.8 Å². The van der Waals surface area contributed by atoms with Crippen molar-refractivity contribution < 1.29 is 14.3 Å². The smallest absolute Gasteiger partial charge is 0.338 e. The van der Waals surface area contributed by atoms with E-state index in [1.54, 1.807) is 24.3 Å². The summed E-state index contributed by atoms with van der Waals surface area (Å²) in [5, 5.41) is 6.95. The predicted molar refractivity (Wildman–Crippen MR) is 82.7 cm³/mol. The molecule has 0 saturated carbocycles. The lowest BCUT2D eigenvalue weighted by Crippen LogP contribution is -2.13. The number of anilines is 1. The average molecular weight is 301 g/mol. The molecule has 0 bridgehead atoms. The van der Waals surface area contributed by atoms with Gasteiger partial charge in [0, 0.05) is 18.3 Å². The summed E-state index contributed by atoms with van der Waals surface area (Å²) < 4.78 is 7.04. The van der Waals surface area contributed by atoms with Gasteiger partial charge < -0.3 is 10.1 Å². The van der Waals surface area contributed by atoms with Crippen molar-refractivity contribution in [3.8, 4) is 0 Å². The van der Waals surface area contributed by atoms with E-state index >= 15 is 0 Å². The van der Waals surface area contributed by atoms with E-state index in [0.717, 1.165) is 11.4 Å². The summed E-state index contributed by atoms with van der Waals surface area (Å²) in [6.07, 6.45) is 0. The van der Waals surface area contributed by atoms with Gasteiger partial charge in [-0.1, -0.05) is 0 Å². The third-order valence-electron chi connectivity index (χ3n) is 3.08. The molecule has 2 aromatic rings. The van der Waals surface area contributed by atoms with Crippen molar-refractivity contribution in [3.63, 3.8) is 0 Å². The molecule has 116 valence electrons. The SMILES string of the molecule is CC(=O)Nc1ccc(C(=O)OCCn2nc(C)cc2C)cc1. The van der Waals surface area contributed by atoms with Gasteiger partial charge in [0.1, 0.15) is 6.61 Å². The maximum atomic E-state index is 11.9. The zero-order chi connectivity index (χ0) is 16.1. The zero-order valence-corrected chi connectivity index (χ0v) is 12.9. The summed E-state index contributed by atoms with van der Waals surface area (Å²) in [4.78, 5) is 22.8. The highest BCUT2D eigenvalue weighted by Gasteiger charge is 2.08. The Hall–Kier alpha value is -2.63. The number of nitrogens with one attached hydrogen (secondary N) is 1. The van der Waals surface area contributed by atoms with E-state index in [9.17, 15) is 9.59 Å². The van der Waals surface area contributed by atoms with Crippen LogP contribution >= 0.6 is 0 Å². The Morgan fingerprint density at radius 1 is 1.23 bits per heavy atom. The van der Waals surface area contributed by atoms with Crippen molar-refractivity contribution in [2.75, 3.05) is 11.9 Å². The first-order chi connectivity index (χ1) is 10.5. The van der Waals surface area contributed by atoms with E-state index in [2.05, 4.69) is 10.4 Å². The first kappa shape index (κ1) is 15.8. The number of rotatable bonds is 5. The highest BCUT2D eigenvalue weighted by molar-refractivity contribution is 5.92. The largest absolute Gasteiger partial charge is 0.460 e. The highest BCUT2D eigenvalue weighted by atomic mass is 16.5. The van der Waals surface area contributed by atoms with E-state index in [-0.39, 0.29) is 12.5 Å². The van der Waals surface area contributed by atoms with Crippen LogP contribution in [-0.2, 0) is 16.1 Å². The Bertz CT molecular complexity index is 674. The van der Waals surface area contributed by atoms with Crippen LogP contribution in [0.1, 0.15) is 28.7 Å². The molecule has 1 heterocycles. The number of benzene rings is 1. The number of nitrogens with zero attached hydrogens (tertiary/aromatic N) is 2. The molecule has 0 saturated heterocycles. The number of esters is 1. The maximum Gasteiger partial charge on any atom is 0.338 e. The average Bonchev–Trinajstić information content (AvgIpc) is 2.77. The topological polar surface area (TPSA) is 73.2 Å². The Balaban J connectivity index is 1.87. The van der Waals surface area contributed by atoms with Crippen LogP contribution in [0.15, 0.2) is 30.3 Å². The zero-order valence-electron chi connectivity index (χ0n) is 12.9. The number of aryl methyl sites for hydroxylation is 2. The Morgan fingerprint density at radius 3 is 2.45 bits per heavy atom. The summed E-state index contributed by atoms with van der Waals surface area (Å²) >= 11 is 0. The van der Waals surface area contributed by atoms with Crippen LogP contribution in [0.5, 0.6) is 0 Å². The van der Waals surface area contributed by atoms with Gasteiger partial charge in [-0.3, -0.25) is 9.48 Å². The molecule has 0 unspecified atom stereocenters. The second-order valence-corrected chi connectivity index (χ2v) is 5.04. The number of aromatic nitrogens is 2. The first-order valence-corrected chi connectivity index (χ1v) is 7.01. The van der Waals surface area contributed by atoms with Gasteiger partial charge >= 0.3 is 5.97 Å². The Labute approximate surface area is 129 Å². The van der Waals surface area contributed by atoms with Crippen molar-refractivity contribution in [2.45, 2.75) is 27.3 Å². The second-order valence-electron chi connectivity index (χ2n) is 5.04. The standard InChI is InChI=1S/C16H19N3O3/c1-11-10-12(2)19(18-11)8-9-22-16(21)14-4-6-15(7-5-14)17-13(3)20/h4-7,10H,8-9H2,1-3H3,(H,17,20). The number of carbonyl (C=O) groups excluding carboxylic acids is 2. The number of hydrogen-bond acceptors (Lipinski definition) is 4. The Morgan fingerprint density at radius 2 is 1.91 bits per heavy atom. The summed E-state index contributed by atoms with van der Waals surface area (Å²) in [5.41, 5.74) is 3.07. The molecule has 1 amide bonds. The van der Waals surface area contributed by atoms with Crippen LogP contribution in [0.25, 0.3) is 0 Å². The molecule has 0 spiro atoms. The number of ether oxygens (including phenoxy) is 1. The minimum atomic E-state index is -0.393. The summed E-state index contributed by atoms with van der Waals surface area (Å²) in [5.74, 6) is -0.545. The van der Waals surface area contributed by atoms with Crippen molar-refractivity contribution in [2.24, 2.45) is 0 Å². The van der Waals surface area contributed by atoms with Gasteiger partial charge in [0.15, 0.2) is 0 Å². The van der Waals surface area contributed by atoms with Gasteiger partial charge in [0.2, 0.25) is 5.91 Å². The van der Waals surface area contributed by atoms with Crippen LogP contribution in [0.3, 0.4) is 0 Å². The van der Waals surface area contributed by atoms with Crippen LogP contribution in [0.2, 0.25) is 0 Å². The maximum absolute atomic E-state index is 11.9. The lowest BCUT2D eigenvalue weighted by molar-refractivity contribution is -0.114. The fourth-order valence-electron chi connectivity index (χ4n) is 2.10.